The second-order valence-electron chi connectivity index (χ2n) is 7.44. The van der Waals surface area contributed by atoms with E-state index in [4.69, 9.17) is 4.74 Å². The molecule has 4 nitrogen and oxygen atoms in total. The van der Waals surface area contributed by atoms with Gasteiger partial charge in [0.05, 0.1) is 0 Å². The van der Waals surface area contributed by atoms with E-state index in [2.05, 4.69) is 26.1 Å². The molecule has 0 bridgehead atoms. The number of rotatable bonds is 4. The Morgan fingerprint density at radius 3 is 2.45 bits per heavy atom. The number of nitrogens with zero attached hydrogens (tertiary/aromatic N) is 1. The second-order valence-corrected chi connectivity index (χ2v) is 7.44. The number of hydrogen-bond acceptors (Lipinski definition) is 3. The Hall–Kier alpha value is -0.770. The highest BCUT2D eigenvalue weighted by Crippen LogP contribution is 2.21. The molecule has 0 spiro atoms. The number of carbonyl (C=O) groups excluding carboxylic acids is 1. The number of amides is 1. The summed E-state index contributed by atoms with van der Waals surface area (Å²) in [6.45, 7) is 14.0. The van der Waals surface area contributed by atoms with Gasteiger partial charge in [0.1, 0.15) is 5.60 Å². The quantitative estimate of drug-likeness (QED) is 0.858. The van der Waals surface area contributed by atoms with Crippen LogP contribution in [0.3, 0.4) is 0 Å². The fraction of sp³-hybridized carbons (Fsp3) is 0.938. The first kappa shape index (κ1) is 17.3. The molecule has 1 saturated heterocycles. The molecule has 0 saturated carbocycles. The maximum atomic E-state index is 12.3. The van der Waals surface area contributed by atoms with E-state index in [0.717, 1.165) is 32.4 Å². The molecule has 1 atom stereocenters. The largest absolute Gasteiger partial charge is 0.444 e. The van der Waals surface area contributed by atoms with Crippen LogP contribution < -0.4 is 5.32 Å². The van der Waals surface area contributed by atoms with E-state index < -0.39 is 5.60 Å². The first-order valence-electron chi connectivity index (χ1n) is 7.89. The fourth-order valence-corrected chi connectivity index (χ4v) is 2.29. The van der Waals surface area contributed by atoms with Crippen molar-refractivity contribution in [3.8, 4) is 0 Å². The molecule has 1 amide bonds. The SMILES string of the molecule is CCC(C)(C)NCC1CCCCN1C(=O)OC(C)(C)C. The third kappa shape index (κ3) is 5.70. The molecule has 1 rings (SSSR count). The van der Waals surface area contributed by atoms with Crippen molar-refractivity contribution >= 4 is 6.09 Å². The molecule has 1 fully saturated rings. The Bertz CT molecular complexity index is 321. The summed E-state index contributed by atoms with van der Waals surface area (Å²) in [5.74, 6) is 0. The molecule has 0 aromatic rings. The van der Waals surface area contributed by atoms with Crippen LogP contribution in [0.5, 0.6) is 0 Å². The Balaban J connectivity index is 2.60. The molecule has 1 heterocycles. The van der Waals surface area contributed by atoms with Crippen LogP contribution in [-0.4, -0.2) is 41.3 Å². The van der Waals surface area contributed by atoms with Crippen LogP contribution in [0.1, 0.15) is 67.2 Å². The van der Waals surface area contributed by atoms with Crippen molar-refractivity contribution in [1.82, 2.24) is 10.2 Å². The van der Waals surface area contributed by atoms with Crippen molar-refractivity contribution in [1.29, 1.82) is 0 Å². The highest BCUT2D eigenvalue weighted by molar-refractivity contribution is 5.68. The van der Waals surface area contributed by atoms with Crippen LogP contribution >= 0.6 is 0 Å². The van der Waals surface area contributed by atoms with E-state index in [1.165, 1.54) is 6.42 Å². The van der Waals surface area contributed by atoms with Crippen LogP contribution in [0.25, 0.3) is 0 Å². The summed E-state index contributed by atoms with van der Waals surface area (Å²) in [7, 11) is 0. The monoisotopic (exact) mass is 284 g/mol. The second kappa shape index (κ2) is 6.79. The van der Waals surface area contributed by atoms with Crippen LogP contribution in [-0.2, 0) is 4.74 Å². The average Bonchev–Trinajstić information content (AvgIpc) is 2.35. The lowest BCUT2D eigenvalue weighted by Crippen LogP contribution is -2.53. The molecule has 1 aliphatic rings. The molecule has 0 aromatic heterocycles. The van der Waals surface area contributed by atoms with E-state index in [-0.39, 0.29) is 17.7 Å². The summed E-state index contributed by atoms with van der Waals surface area (Å²) < 4.78 is 5.52. The molecule has 0 radical (unpaired) electrons. The van der Waals surface area contributed by atoms with Gasteiger partial charge in [-0.25, -0.2) is 4.79 Å². The number of ether oxygens (including phenoxy) is 1. The third-order valence-electron chi connectivity index (χ3n) is 3.96. The maximum Gasteiger partial charge on any atom is 0.410 e. The van der Waals surface area contributed by atoms with E-state index >= 15 is 0 Å². The van der Waals surface area contributed by atoms with Gasteiger partial charge in [-0.15, -0.1) is 0 Å². The molecule has 0 aliphatic carbocycles. The summed E-state index contributed by atoms with van der Waals surface area (Å²) in [5.41, 5.74) is -0.299. The van der Waals surface area contributed by atoms with Gasteiger partial charge < -0.3 is 15.0 Å². The fourth-order valence-electron chi connectivity index (χ4n) is 2.29. The zero-order valence-corrected chi connectivity index (χ0v) is 14.1. The van der Waals surface area contributed by atoms with Crippen LogP contribution in [0.15, 0.2) is 0 Å². The standard InChI is InChI=1S/C16H32N2O2/c1-7-16(5,6)17-12-13-10-8-9-11-18(13)14(19)20-15(2,3)4/h13,17H,7-12H2,1-6H3. The first-order chi connectivity index (χ1) is 9.14. The molecule has 20 heavy (non-hydrogen) atoms. The van der Waals surface area contributed by atoms with Gasteiger partial charge in [-0.05, 0) is 60.3 Å². The van der Waals surface area contributed by atoms with E-state index in [1.807, 2.05) is 25.7 Å². The van der Waals surface area contributed by atoms with Crippen LogP contribution in [0.2, 0.25) is 0 Å². The Labute approximate surface area is 124 Å². The topological polar surface area (TPSA) is 41.6 Å². The van der Waals surface area contributed by atoms with Gasteiger partial charge in [0.2, 0.25) is 0 Å². The van der Waals surface area contributed by atoms with E-state index in [0.29, 0.717) is 0 Å². The number of hydrogen-bond donors (Lipinski definition) is 1. The van der Waals surface area contributed by atoms with Crippen molar-refractivity contribution in [3.05, 3.63) is 0 Å². The Morgan fingerprint density at radius 1 is 1.25 bits per heavy atom. The van der Waals surface area contributed by atoms with E-state index in [1.54, 1.807) is 0 Å². The zero-order valence-electron chi connectivity index (χ0n) is 14.1. The summed E-state index contributed by atoms with van der Waals surface area (Å²) in [5, 5.41) is 3.58. The zero-order chi connectivity index (χ0) is 15.4. The lowest BCUT2D eigenvalue weighted by Gasteiger charge is -2.38. The summed E-state index contributed by atoms with van der Waals surface area (Å²) in [6.07, 6.45) is 4.24. The molecule has 4 heteroatoms. The van der Waals surface area contributed by atoms with Crippen molar-refractivity contribution in [2.24, 2.45) is 0 Å². The van der Waals surface area contributed by atoms with Gasteiger partial charge >= 0.3 is 6.09 Å². The normalized spacial score (nSPS) is 20.9. The smallest absolute Gasteiger partial charge is 0.410 e. The van der Waals surface area contributed by atoms with Crippen molar-refractivity contribution < 1.29 is 9.53 Å². The molecule has 1 N–H and O–H groups in total. The van der Waals surface area contributed by atoms with Crippen molar-refractivity contribution in [2.45, 2.75) is 84.4 Å². The first-order valence-corrected chi connectivity index (χ1v) is 7.89. The van der Waals surface area contributed by atoms with Gasteiger partial charge in [-0.1, -0.05) is 6.92 Å². The molecule has 1 aliphatic heterocycles. The number of carbonyl (C=O) groups is 1. The predicted molar refractivity (Wildman–Crippen MR) is 83.0 cm³/mol. The van der Waals surface area contributed by atoms with Gasteiger partial charge in [-0.2, -0.15) is 0 Å². The van der Waals surface area contributed by atoms with Gasteiger partial charge in [0, 0.05) is 24.7 Å². The van der Waals surface area contributed by atoms with Gasteiger partial charge in [-0.3, -0.25) is 0 Å². The minimum Gasteiger partial charge on any atom is -0.444 e. The molecular formula is C16H32N2O2. The minimum absolute atomic E-state index is 0.122. The molecular weight excluding hydrogens is 252 g/mol. The maximum absolute atomic E-state index is 12.3. The number of nitrogens with one attached hydrogen (secondary N) is 1. The Kier molecular flexibility index (Phi) is 5.87. The Morgan fingerprint density at radius 2 is 1.90 bits per heavy atom. The predicted octanol–water partition coefficient (Wildman–Crippen LogP) is 3.55. The number of likely N-dealkylation sites (tertiary alicyclic amines) is 1. The third-order valence-corrected chi connectivity index (χ3v) is 3.96. The van der Waals surface area contributed by atoms with Gasteiger partial charge in [0.25, 0.3) is 0 Å². The van der Waals surface area contributed by atoms with Gasteiger partial charge in [0.15, 0.2) is 0 Å². The lowest BCUT2D eigenvalue weighted by atomic mass is 9.98. The molecule has 0 aromatic carbocycles. The van der Waals surface area contributed by atoms with Crippen molar-refractivity contribution in [3.63, 3.8) is 0 Å². The van der Waals surface area contributed by atoms with Crippen LogP contribution in [0, 0.1) is 0 Å². The molecule has 1 unspecified atom stereocenters. The number of piperidine rings is 1. The average molecular weight is 284 g/mol. The van der Waals surface area contributed by atoms with Crippen LogP contribution in [0.4, 0.5) is 4.79 Å². The minimum atomic E-state index is -0.421. The summed E-state index contributed by atoms with van der Waals surface area (Å²) in [6, 6.07) is 0.254. The lowest BCUT2D eigenvalue weighted by molar-refractivity contribution is 0.00915. The highest BCUT2D eigenvalue weighted by Gasteiger charge is 2.31. The molecule has 118 valence electrons. The van der Waals surface area contributed by atoms with E-state index in [9.17, 15) is 4.79 Å². The summed E-state index contributed by atoms with van der Waals surface area (Å²) >= 11 is 0. The summed E-state index contributed by atoms with van der Waals surface area (Å²) in [4.78, 5) is 14.2. The van der Waals surface area contributed by atoms with Crippen molar-refractivity contribution in [2.75, 3.05) is 13.1 Å². The highest BCUT2D eigenvalue weighted by atomic mass is 16.6.